The number of halogens is 1. The number of carbonyl (C=O) groups is 1. The van der Waals surface area contributed by atoms with Crippen molar-refractivity contribution in [1.29, 1.82) is 0 Å². The van der Waals surface area contributed by atoms with E-state index in [0.29, 0.717) is 25.2 Å². The first-order chi connectivity index (χ1) is 7.69. The minimum Gasteiger partial charge on any atom is -0.341 e. The zero-order valence-corrected chi connectivity index (χ0v) is 9.24. The van der Waals surface area contributed by atoms with Crippen LogP contribution in [0.4, 0.5) is 14.9 Å². The van der Waals surface area contributed by atoms with Crippen molar-refractivity contribution in [3.05, 3.63) is 30.1 Å². The molecule has 0 fully saturated rings. The molecule has 0 atom stereocenters. The molecule has 4 nitrogen and oxygen atoms in total. The smallest absolute Gasteiger partial charge is 0.321 e. The number of nitrogens with two attached hydrogens (primary N) is 1. The van der Waals surface area contributed by atoms with Gasteiger partial charge in [0.05, 0.1) is 0 Å². The minimum atomic E-state index is -0.320. The van der Waals surface area contributed by atoms with E-state index >= 15 is 0 Å². The molecule has 0 spiro atoms. The van der Waals surface area contributed by atoms with Gasteiger partial charge in [0.25, 0.3) is 0 Å². The molecule has 0 bridgehead atoms. The third kappa shape index (κ3) is 3.20. The summed E-state index contributed by atoms with van der Waals surface area (Å²) in [5, 5.41) is 2.54. The predicted octanol–water partition coefficient (Wildman–Crippen LogP) is 1.32. The van der Waals surface area contributed by atoms with E-state index in [1.54, 1.807) is 19.2 Å². The van der Waals surface area contributed by atoms with Crippen LogP contribution in [0.25, 0.3) is 0 Å². The van der Waals surface area contributed by atoms with Crippen molar-refractivity contribution in [2.45, 2.75) is 6.42 Å². The van der Waals surface area contributed by atoms with Gasteiger partial charge in [0.15, 0.2) is 0 Å². The first-order valence-electron chi connectivity index (χ1n) is 5.14. The number of urea groups is 1. The molecule has 1 rings (SSSR count). The van der Waals surface area contributed by atoms with Crippen LogP contribution in [0.2, 0.25) is 0 Å². The SMILES string of the molecule is CNC(=O)N(CCCN)c1ccc(F)cc1. The van der Waals surface area contributed by atoms with Crippen molar-refractivity contribution < 1.29 is 9.18 Å². The molecule has 2 amide bonds. The zero-order chi connectivity index (χ0) is 12.0. The number of rotatable bonds is 4. The van der Waals surface area contributed by atoms with Gasteiger partial charge in [-0.25, -0.2) is 9.18 Å². The van der Waals surface area contributed by atoms with E-state index in [4.69, 9.17) is 5.73 Å². The van der Waals surface area contributed by atoms with Crippen LogP contribution in [0.1, 0.15) is 6.42 Å². The number of amides is 2. The summed E-state index contributed by atoms with van der Waals surface area (Å²) >= 11 is 0. The summed E-state index contributed by atoms with van der Waals surface area (Å²) in [4.78, 5) is 13.1. The number of nitrogens with one attached hydrogen (secondary N) is 1. The summed E-state index contributed by atoms with van der Waals surface area (Å²) in [6.45, 7) is 1.02. The number of carbonyl (C=O) groups excluding carboxylic acids is 1. The molecule has 0 saturated carbocycles. The normalized spacial score (nSPS) is 9.94. The van der Waals surface area contributed by atoms with Gasteiger partial charge in [0.2, 0.25) is 0 Å². The lowest BCUT2D eigenvalue weighted by Gasteiger charge is -2.21. The molecule has 0 heterocycles. The van der Waals surface area contributed by atoms with Gasteiger partial charge < -0.3 is 11.1 Å². The van der Waals surface area contributed by atoms with E-state index in [0.717, 1.165) is 0 Å². The summed E-state index contributed by atoms with van der Waals surface area (Å²) in [6, 6.07) is 5.57. The van der Waals surface area contributed by atoms with E-state index in [2.05, 4.69) is 5.32 Å². The molecule has 0 aliphatic heterocycles. The van der Waals surface area contributed by atoms with Crippen molar-refractivity contribution in [3.8, 4) is 0 Å². The Bertz CT molecular complexity index is 340. The van der Waals surface area contributed by atoms with Gasteiger partial charge in [-0.2, -0.15) is 0 Å². The van der Waals surface area contributed by atoms with Gasteiger partial charge in [-0.3, -0.25) is 4.90 Å². The van der Waals surface area contributed by atoms with Gasteiger partial charge in [-0.15, -0.1) is 0 Å². The van der Waals surface area contributed by atoms with Gasteiger partial charge in [0.1, 0.15) is 5.82 Å². The molecular weight excluding hydrogens is 209 g/mol. The van der Waals surface area contributed by atoms with E-state index in [1.807, 2.05) is 0 Å². The lowest BCUT2D eigenvalue weighted by atomic mass is 10.2. The zero-order valence-electron chi connectivity index (χ0n) is 9.24. The first kappa shape index (κ1) is 12.4. The van der Waals surface area contributed by atoms with Crippen LogP contribution in [0.5, 0.6) is 0 Å². The fraction of sp³-hybridized carbons (Fsp3) is 0.364. The maximum Gasteiger partial charge on any atom is 0.321 e. The van der Waals surface area contributed by atoms with Crippen molar-refractivity contribution in [1.82, 2.24) is 5.32 Å². The molecule has 0 aliphatic rings. The summed E-state index contributed by atoms with van der Waals surface area (Å²) in [7, 11) is 1.56. The number of anilines is 1. The predicted molar refractivity (Wildman–Crippen MR) is 61.9 cm³/mol. The highest BCUT2D eigenvalue weighted by atomic mass is 19.1. The molecule has 3 N–H and O–H groups in total. The third-order valence-corrected chi connectivity index (χ3v) is 2.18. The number of benzene rings is 1. The van der Waals surface area contributed by atoms with Crippen LogP contribution < -0.4 is 16.0 Å². The molecule has 0 saturated heterocycles. The van der Waals surface area contributed by atoms with Crippen LogP contribution in [-0.2, 0) is 0 Å². The average Bonchev–Trinajstić information content (AvgIpc) is 2.31. The Morgan fingerprint density at radius 3 is 2.56 bits per heavy atom. The molecule has 0 unspecified atom stereocenters. The average molecular weight is 225 g/mol. The Morgan fingerprint density at radius 2 is 2.06 bits per heavy atom. The quantitative estimate of drug-likeness (QED) is 0.812. The lowest BCUT2D eigenvalue weighted by Crippen LogP contribution is -2.39. The van der Waals surface area contributed by atoms with E-state index in [-0.39, 0.29) is 11.8 Å². The molecule has 88 valence electrons. The fourth-order valence-electron chi connectivity index (χ4n) is 1.35. The fourth-order valence-corrected chi connectivity index (χ4v) is 1.35. The first-order valence-corrected chi connectivity index (χ1v) is 5.14. The number of hydrogen-bond donors (Lipinski definition) is 2. The Labute approximate surface area is 94.2 Å². The van der Waals surface area contributed by atoms with Crippen LogP contribution >= 0.6 is 0 Å². The van der Waals surface area contributed by atoms with E-state index in [9.17, 15) is 9.18 Å². The van der Waals surface area contributed by atoms with Crippen molar-refractivity contribution >= 4 is 11.7 Å². The van der Waals surface area contributed by atoms with Crippen LogP contribution in [-0.4, -0.2) is 26.2 Å². The van der Waals surface area contributed by atoms with Gasteiger partial charge in [0, 0.05) is 19.3 Å². The minimum absolute atomic E-state index is 0.222. The van der Waals surface area contributed by atoms with E-state index < -0.39 is 0 Å². The van der Waals surface area contributed by atoms with Gasteiger partial charge in [-0.1, -0.05) is 0 Å². The van der Waals surface area contributed by atoms with Crippen molar-refractivity contribution in [3.63, 3.8) is 0 Å². The maximum absolute atomic E-state index is 12.7. The molecule has 0 radical (unpaired) electrons. The summed E-state index contributed by atoms with van der Waals surface area (Å²) in [6.07, 6.45) is 0.699. The Kier molecular flexibility index (Phi) is 4.72. The Morgan fingerprint density at radius 1 is 1.44 bits per heavy atom. The van der Waals surface area contributed by atoms with Crippen LogP contribution in [0, 0.1) is 5.82 Å². The molecular formula is C11H16FN3O. The second kappa shape index (κ2) is 6.07. The molecule has 0 aromatic heterocycles. The van der Waals surface area contributed by atoms with Gasteiger partial charge in [-0.05, 0) is 37.2 Å². The van der Waals surface area contributed by atoms with Gasteiger partial charge >= 0.3 is 6.03 Å². The van der Waals surface area contributed by atoms with Crippen molar-refractivity contribution in [2.75, 3.05) is 25.0 Å². The van der Waals surface area contributed by atoms with E-state index in [1.165, 1.54) is 17.0 Å². The standard InChI is InChI=1S/C11H16FN3O/c1-14-11(16)15(8-2-7-13)10-5-3-9(12)4-6-10/h3-6H,2,7-8,13H2,1H3,(H,14,16). The van der Waals surface area contributed by atoms with Crippen molar-refractivity contribution in [2.24, 2.45) is 5.73 Å². The van der Waals surface area contributed by atoms with Crippen LogP contribution in [0.15, 0.2) is 24.3 Å². The third-order valence-electron chi connectivity index (χ3n) is 2.18. The summed E-state index contributed by atoms with van der Waals surface area (Å²) < 4.78 is 12.7. The molecule has 0 aliphatic carbocycles. The summed E-state index contributed by atoms with van der Waals surface area (Å²) in [5.74, 6) is -0.320. The molecule has 16 heavy (non-hydrogen) atoms. The highest BCUT2D eigenvalue weighted by molar-refractivity contribution is 5.91. The molecule has 1 aromatic carbocycles. The lowest BCUT2D eigenvalue weighted by molar-refractivity contribution is 0.248. The Hall–Kier alpha value is -1.62. The highest BCUT2D eigenvalue weighted by Gasteiger charge is 2.13. The summed E-state index contributed by atoms with van der Waals surface area (Å²) in [5.41, 5.74) is 6.06. The maximum atomic E-state index is 12.7. The second-order valence-electron chi connectivity index (χ2n) is 3.33. The molecule has 5 heteroatoms. The number of nitrogens with zero attached hydrogens (tertiary/aromatic N) is 1. The second-order valence-corrected chi connectivity index (χ2v) is 3.33. The highest BCUT2D eigenvalue weighted by Crippen LogP contribution is 2.15. The number of hydrogen-bond acceptors (Lipinski definition) is 2. The largest absolute Gasteiger partial charge is 0.341 e. The molecule has 1 aromatic rings. The topological polar surface area (TPSA) is 58.4 Å². The Balaban J connectivity index is 2.82. The van der Waals surface area contributed by atoms with Crippen LogP contribution in [0.3, 0.4) is 0 Å². The monoisotopic (exact) mass is 225 g/mol.